The van der Waals surface area contributed by atoms with Crippen molar-refractivity contribution in [3.63, 3.8) is 0 Å². The number of nitrogens with one attached hydrogen (secondary N) is 2. The number of amides is 2. The van der Waals surface area contributed by atoms with E-state index in [4.69, 9.17) is 5.73 Å². The summed E-state index contributed by atoms with van der Waals surface area (Å²) >= 11 is 3.40. The van der Waals surface area contributed by atoms with Crippen molar-refractivity contribution in [2.24, 2.45) is 5.73 Å². The molecule has 0 saturated carbocycles. The summed E-state index contributed by atoms with van der Waals surface area (Å²) in [5, 5.41) is 7.24. The van der Waals surface area contributed by atoms with Gasteiger partial charge in [-0.3, -0.25) is 9.59 Å². The smallest absolute Gasteiger partial charge is 0.255 e. The van der Waals surface area contributed by atoms with E-state index in [0.29, 0.717) is 33.5 Å². The number of anilines is 2. The Balaban J connectivity index is 1.64. The maximum absolute atomic E-state index is 12.8. The minimum atomic E-state index is -0.544. The Morgan fingerprint density at radius 2 is 1.87 bits per heavy atom. The van der Waals surface area contributed by atoms with Crippen molar-refractivity contribution in [1.29, 1.82) is 0 Å². The van der Waals surface area contributed by atoms with E-state index in [-0.39, 0.29) is 11.9 Å². The molecule has 4 N–H and O–H groups in total. The SMILES string of the molecule is C=CCN(C)CCC(Nc1ncnc2c(C(N)=O)cccc12)c1cccc(NC(=O)c2ccc(Br)cc2)c1. The minimum Gasteiger partial charge on any atom is -0.366 e. The fourth-order valence-electron chi connectivity index (χ4n) is 4.19. The molecule has 8 nitrogen and oxygen atoms in total. The molecule has 1 unspecified atom stereocenters. The van der Waals surface area contributed by atoms with E-state index in [9.17, 15) is 9.59 Å². The molecule has 0 spiro atoms. The van der Waals surface area contributed by atoms with E-state index in [1.165, 1.54) is 6.33 Å². The number of nitrogens with two attached hydrogens (primary N) is 1. The number of fused-ring (bicyclic) bond motifs is 1. The number of aromatic nitrogens is 2. The molecule has 38 heavy (non-hydrogen) atoms. The van der Waals surface area contributed by atoms with Crippen molar-refractivity contribution in [2.75, 3.05) is 30.8 Å². The average Bonchev–Trinajstić information content (AvgIpc) is 2.91. The maximum atomic E-state index is 12.8. The minimum absolute atomic E-state index is 0.151. The first-order valence-corrected chi connectivity index (χ1v) is 12.9. The summed E-state index contributed by atoms with van der Waals surface area (Å²) in [6.45, 7) is 5.37. The summed E-state index contributed by atoms with van der Waals surface area (Å²) in [6.07, 6.45) is 4.03. The molecule has 0 saturated heterocycles. The second-order valence-electron chi connectivity index (χ2n) is 8.91. The van der Waals surface area contributed by atoms with Crippen molar-refractivity contribution in [2.45, 2.75) is 12.5 Å². The summed E-state index contributed by atoms with van der Waals surface area (Å²) in [5.74, 6) is -0.138. The third-order valence-corrected chi connectivity index (χ3v) is 6.66. The van der Waals surface area contributed by atoms with Gasteiger partial charge in [-0.15, -0.1) is 6.58 Å². The second kappa shape index (κ2) is 12.4. The van der Waals surface area contributed by atoms with Gasteiger partial charge in [0, 0.05) is 34.2 Å². The molecule has 1 aromatic heterocycles. The molecule has 4 rings (SSSR count). The normalized spacial score (nSPS) is 11.8. The highest BCUT2D eigenvalue weighted by Gasteiger charge is 2.18. The number of hydrogen-bond donors (Lipinski definition) is 3. The first-order valence-electron chi connectivity index (χ1n) is 12.1. The highest BCUT2D eigenvalue weighted by atomic mass is 79.9. The lowest BCUT2D eigenvalue weighted by molar-refractivity contribution is 0.0998. The summed E-state index contributed by atoms with van der Waals surface area (Å²) < 4.78 is 0.909. The number of para-hydroxylation sites is 1. The fraction of sp³-hybridized carbons (Fsp3) is 0.172. The Hall–Kier alpha value is -4.08. The Morgan fingerprint density at radius 3 is 2.61 bits per heavy atom. The maximum Gasteiger partial charge on any atom is 0.255 e. The van der Waals surface area contributed by atoms with E-state index in [1.54, 1.807) is 24.3 Å². The molecular weight excluding hydrogens is 544 g/mol. The van der Waals surface area contributed by atoms with Gasteiger partial charge in [0.1, 0.15) is 12.1 Å². The Bertz CT molecular complexity index is 1460. The first kappa shape index (κ1) is 27.0. The summed E-state index contributed by atoms with van der Waals surface area (Å²) in [7, 11) is 2.03. The van der Waals surface area contributed by atoms with Crippen molar-refractivity contribution in [3.05, 3.63) is 107 Å². The average molecular weight is 573 g/mol. The molecule has 0 fully saturated rings. The number of primary amides is 1. The number of nitrogens with zero attached hydrogens (tertiary/aromatic N) is 3. The van der Waals surface area contributed by atoms with Gasteiger partial charge in [0.15, 0.2) is 0 Å². The number of carbonyl (C=O) groups excluding carboxylic acids is 2. The van der Waals surface area contributed by atoms with Gasteiger partial charge in [0.2, 0.25) is 0 Å². The van der Waals surface area contributed by atoms with Gasteiger partial charge in [0.25, 0.3) is 11.8 Å². The van der Waals surface area contributed by atoms with Crippen molar-refractivity contribution in [3.8, 4) is 0 Å². The molecule has 0 aliphatic carbocycles. The van der Waals surface area contributed by atoms with E-state index in [1.807, 2.05) is 55.6 Å². The lowest BCUT2D eigenvalue weighted by Gasteiger charge is -2.24. The predicted octanol–water partition coefficient (Wildman–Crippen LogP) is 5.40. The first-order chi connectivity index (χ1) is 18.4. The third kappa shape index (κ3) is 6.62. The van der Waals surface area contributed by atoms with E-state index in [2.05, 4.69) is 48.0 Å². The van der Waals surface area contributed by atoms with Gasteiger partial charge in [0.05, 0.1) is 17.1 Å². The van der Waals surface area contributed by atoms with Crippen LogP contribution in [0, 0.1) is 0 Å². The Kier molecular flexibility index (Phi) is 8.83. The molecule has 0 aliphatic heterocycles. The van der Waals surface area contributed by atoms with E-state index >= 15 is 0 Å². The highest BCUT2D eigenvalue weighted by molar-refractivity contribution is 9.10. The number of halogens is 1. The topological polar surface area (TPSA) is 113 Å². The largest absolute Gasteiger partial charge is 0.366 e. The van der Waals surface area contributed by atoms with Crippen molar-refractivity contribution in [1.82, 2.24) is 14.9 Å². The highest BCUT2D eigenvalue weighted by Crippen LogP contribution is 2.29. The fourth-order valence-corrected chi connectivity index (χ4v) is 4.45. The quantitative estimate of drug-likeness (QED) is 0.207. The zero-order valence-corrected chi connectivity index (χ0v) is 22.6. The number of rotatable bonds is 11. The van der Waals surface area contributed by atoms with Crippen LogP contribution in [-0.2, 0) is 0 Å². The van der Waals surface area contributed by atoms with Crippen LogP contribution in [0.2, 0.25) is 0 Å². The molecule has 0 radical (unpaired) electrons. The summed E-state index contributed by atoms with van der Waals surface area (Å²) in [5.41, 5.74) is 8.63. The number of likely N-dealkylation sites (N-methyl/N-ethyl adjacent to an activating group) is 1. The van der Waals surface area contributed by atoms with Crippen LogP contribution in [0.4, 0.5) is 11.5 Å². The van der Waals surface area contributed by atoms with E-state index < -0.39 is 5.91 Å². The number of benzene rings is 3. The summed E-state index contributed by atoms with van der Waals surface area (Å²) in [6, 6.07) is 20.1. The van der Waals surface area contributed by atoms with Gasteiger partial charge in [-0.25, -0.2) is 9.97 Å². The molecule has 0 bridgehead atoms. The predicted molar refractivity (Wildman–Crippen MR) is 155 cm³/mol. The van der Waals surface area contributed by atoms with Crippen molar-refractivity contribution >= 4 is 50.2 Å². The van der Waals surface area contributed by atoms with Crippen molar-refractivity contribution < 1.29 is 9.59 Å². The van der Waals surface area contributed by atoms with Crippen LogP contribution in [0.3, 0.4) is 0 Å². The molecule has 194 valence electrons. The third-order valence-electron chi connectivity index (χ3n) is 6.13. The number of hydrogen-bond acceptors (Lipinski definition) is 6. The van der Waals surface area contributed by atoms with Crippen LogP contribution < -0.4 is 16.4 Å². The van der Waals surface area contributed by atoms with Gasteiger partial charge in [-0.2, -0.15) is 0 Å². The zero-order chi connectivity index (χ0) is 27.1. The van der Waals surface area contributed by atoms with Gasteiger partial charge in [-0.05, 0) is 67.6 Å². The molecular formula is C29H29BrN6O2. The second-order valence-corrected chi connectivity index (χ2v) is 9.83. The van der Waals surface area contributed by atoms with Gasteiger partial charge < -0.3 is 21.3 Å². The van der Waals surface area contributed by atoms with Crippen LogP contribution in [0.5, 0.6) is 0 Å². The summed E-state index contributed by atoms with van der Waals surface area (Å²) in [4.78, 5) is 35.7. The molecule has 4 aromatic rings. The van der Waals surface area contributed by atoms with Crippen LogP contribution >= 0.6 is 15.9 Å². The molecule has 2 amide bonds. The van der Waals surface area contributed by atoms with Crippen LogP contribution in [0.25, 0.3) is 10.9 Å². The van der Waals surface area contributed by atoms with Crippen LogP contribution in [0.1, 0.15) is 38.7 Å². The molecule has 0 aliphatic rings. The van der Waals surface area contributed by atoms with Gasteiger partial charge in [-0.1, -0.05) is 40.2 Å². The van der Waals surface area contributed by atoms with Crippen LogP contribution in [0.15, 0.2) is 90.2 Å². The molecule has 3 aromatic carbocycles. The van der Waals surface area contributed by atoms with Gasteiger partial charge >= 0.3 is 0 Å². The van der Waals surface area contributed by atoms with E-state index in [0.717, 1.165) is 29.5 Å². The molecule has 1 heterocycles. The lowest BCUT2D eigenvalue weighted by Crippen LogP contribution is -2.24. The zero-order valence-electron chi connectivity index (χ0n) is 21.0. The standard InChI is InChI=1S/C29H29BrN6O2/c1-3-15-36(2)16-14-25(35-28-24-9-5-8-23(27(31)37)26(24)32-18-33-28)20-6-4-7-22(17-20)34-29(38)19-10-12-21(30)13-11-19/h3-13,17-18,25H,1,14-16H2,2H3,(H2,31,37)(H,34,38)(H,32,33,35). The van der Waals surface area contributed by atoms with Crippen LogP contribution in [-0.4, -0.2) is 46.8 Å². The molecule has 9 heteroatoms. The Labute approximate surface area is 230 Å². The monoisotopic (exact) mass is 572 g/mol. The lowest BCUT2D eigenvalue weighted by atomic mass is 10.0. The Morgan fingerprint density at radius 1 is 1.11 bits per heavy atom. The molecule has 1 atom stereocenters. The number of carbonyl (C=O) groups is 2.